The van der Waals surface area contributed by atoms with Crippen molar-refractivity contribution in [2.24, 2.45) is 0 Å². The van der Waals surface area contributed by atoms with E-state index in [0.717, 1.165) is 18.9 Å². The summed E-state index contributed by atoms with van der Waals surface area (Å²) < 4.78 is 5.15. The normalized spacial score (nSPS) is 25.6. The van der Waals surface area contributed by atoms with Gasteiger partial charge in [-0.2, -0.15) is 4.98 Å². The predicted molar refractivity (Wildman–Crippen MR) is 65.1 cm³/mol. The summed E-state index contributed by atoms with van der Waals surface area (Å²) in [5.41, 5.74) is 0. The number of pyridine rings is 1. The molecule has 1 saturated heterocycles. The van der Waals surface area contributed by atoms with Crippen LogP contribution in [-0.4, -0.2) is 37.3 Å². The zero-order valence-corrected chi connectivity index (χ0v) is 10.1. The van der Waals surface area contributed by atoms with Crippen LogP contribution in [0.4, 0.5) is 5.82 Å². The van der Waals surface area contributed by atoms with Gasteiger partial charge in [-0.3, -0.25) is 0 Å². The van der Waals surface area contributed by atoms with Crippen molar-refractivity contribution in [3.63, 3.8) is 0 Å². The zero-order chi connectivity index (χ0) is 11.5. The van der Waals surface area contributed by atoms with Crippen LogP contribution in [0.25, 0.3) is 0 Å². The van der Waals surface area contributed by atoms with Crippen LogP contribution < -0.4 is 15.0 Å². The van der Waals surface area contributed by atoms with Gasteiger partial charge in [-0.15, -0.1) is 0 Å². The van der Waals surface area contributed by atoms with Crippen LogP contribution in [-0.2, 0) is 0 Å². The molecule has 4 heteroatoms. The Morgan fingerprint density at radius 3 is 2.62 bits per heavy atom. The second-order valence-electron chi connectivity index (χ2n) is 4.41. The third kappa shape index (κ3) is 2.44. The van der Waals surface area contributed by atoms with Gasteiger partial charge in [0.05, 0.1) is 7.11 Å². The fourth-order valence-corrected chi connectivity index (χ4v) is 2.21. The molecule has 2 unspecified atom stereocenters. The van der Waals surface area contributed by atoms with E-state index in [2.05, 4.69) is 29.0 Å². The van der Waals surface area contributed by atoms with Crippen LogP contribution >= 0.6 is 0 Å². The molecule has 16 heavy (non-hydrogen) atoms. The third-order valence-corrected chi connectivity index (χ3v) is 2.80. The van der Waals surface area contributed by atoms with Gasteiger partial charge in [0, 0.05) is 31.2 Å². The Morgan fingerprint density at radius 2 is 2.00 bits per heavy atom. The minimum absolute atomic E-state index is 0.497. The molecule has 0 bridgehead atoms. The van der Waals surface area contributed by atoms with E-state index < -0.39 is 0 Å². The van der Waals surface area contributed by atoms with Gasteiger partial charge in [-0.25, -0.2) is 0 Å². The number of rotatable bonds is 2. The van der Waals surface area contributed by atoms with Crippen LogP contribution in [0.3, 0.4) is 0 Å². The van der Waals surface area contributed by atoms with E-state index >= 15 is 0 Å². The van der Waals surface area contributed by atoms with Crippen molar-refractivity contribution in [2.45, 2.75) is 25.9 Å². The molecule has 1 aliphatic heterocycles. The van der Waals surface area contributed by atoms with Gasteiger partial charge in [-0.1, -0.05) is 6.07 Å². The third-order valence-electron chi connectivity index (χ3n) is 2.80. The van der Waals surface area contributed by atoms with Gasteiger partial charge >= 0.3 is 0 Å². The summed E-state index contributed by atoms with van der Waals surface area (Å²) in [6, 6.07) is 6.89. The van der Waals surface area contributed by atoms with Crippen molar-refractivity contribution < 1.29 is 4.74 Å². The predicted octanol–water partition coefficient (Wildman–Crippen LogP) is 1.28. The molecule has 4 nitrogen and oxygen atoms in total. The summed E-state index contributed by atoms with van der Waals surface area (Å²) >= 11 is 0. The smallest absolute Gasteiger partial charge is 0.214 e. The fourth-order valence-electron chi connectivity index (χ4n) is 2.21. The Labute approximate surface area is 96.6 Å². The number of nitrogens with zero attached hydrogens (tertiary/aromatic N) is 2. The van der Waals surface area contributed by atoms with Crippen LogP contribution in [0.15, 0.2) is 18.2 Å². The van der Waals surface area contributed by atoms with E-state index in [9.17, 15) is 0 Å². The van der Waals surface area contributed by atoms with Crippen molar-refractivity contribution in [1.29, 1.82) is 0 Å². The molecule has 2 rings (SSSR count). The second-order valence-corrected chi connectivity index (χ2v) is 4.41. The number of hydrogen-bond acceptors (Lipinski definition) is 4. The first kappa shape index (κ1) is 11.2. The highest BCUT2D eigenvalue weighted by atomic mass is 16.5. The lowest BCUT2D eigenvalue weighted by molar-refractivity contribution is 0.389. The SMILES string of the molecule is COc1cccc(N2CC(C)NC(C)C2)n1. The first-order valence-electron chi connectivity index (χ1n) is 5.71. The molecule has 1 N–H and O–H groups in total. The lowest BCUT2D eigenvalue weighted by atomic mass is 10.1. The summed E-state index contributed by atoms with van der Waals surface area (Å²) in [5.74, 6) is 1.68. The highest BCUT2D eigenvalue weighted by Gasteiger charge is 2.21. The van der Waals surface area contributed by atoms with Crippen molar-refractivity contribution >= 4 is 5.82 Å². The molecule has 0 saturated carbocycles. The summed E-state index contributed by atoms with van der Waals surface area (Å²) in [7, 11) is 1.65. The average molecular weight is 221 g/mol. The molecule has 1 aliphatic rings. The lowest BCUT2D eigenvalue weighted by Crippen LogP contribution is -2.54. The van der Waals surface area contributed by atoms with Crippen molar-refractivity contribution in [3.8, 4) is 5.88 Å². The highest BCUT2D eigenvalue weighted by Crippen LogP contribution is 2.18. The number of piperazine rings is 1. The number of nitrogens with one attached hydrogen (secondary N) is 1. The van der Waals surface area contributed by atoms with Gasteiger partial charge in [-0.05, 0) is 19.9 Å². The Morgan fingerprint density at radius 1 is 1.31 bits per heavy atom. The molecule has 0 spiro atoms. The van der Waals surface area contributed by atoms with Gasteiger partial charge < -0.3 is 15.0 Å². The maximum Gasteiger partial charge on any atom is 0.214 e. The van der Waals surface area contributed by atoms with Gasteiger partial charge in [0.15, 0.2) is 0 Å². The second kappa shape index (κ2) is 4.70. The van der Waals surface area contributed by atoms with E-state index in [1.165, 1.54) is 0 Å². The van der Waals surface area contributed by atoms with Gasteiger partial charge in [0.25, 0.3) is 0 Å². The van der Waals surface area contributed by atoms with Crippen LogP contribution in [0.5, 0.6) is 5.88 Å². The Balaban J connectivity index is 2.16. The van der Waals surface area contributed by atoms with Crippen LogP contribution in [0.2, 0.25) is 0 Å². The van der Waals surface area contributed by atoms with E-state index in [1.807, 2.05) is 18.2 Å². The molecule has 1 fully saturated rings. The van der Waals surface area contributed by atoms with E-state index in [0.29, 0.717) is 18.0 Å². The molecule has 1 aromatic rings. The standard InChI is InChI=1S/C12H19N3O/c1-9-7-15(8-10(2)13-9)11-5-4-6-12(14-11)16-3/h4-6,9-10,13H,7-8H2,1-3H3. The summed E-state index contributed by atoms with van der Waals surface area (Å²) in [5, 5.41) is 3.51. The number of ether oxygens (including phenoxy) is 1. The van der Waals surface area contributed by atoms with Crippen molar-refractivity contribution in [3.05, 3.63) is 18.2 Å². The average Bonchev–Trinajstić information content (AvgIpc) is 2.28. The fraction of sp³-hybridized carbons (Fsp3) is 0.583. The maximum atomic E-state index is 5.15. The molecule has 2 heterocycles. The van der Waals surface area contributed by atoms with Crippen molar-refractivity contribution in [1.82, 2.24) is 10.3 Å². The van der Waals surface area contributed by atoms with Crippen LogP contribution in [0.1, 0.15) is 13.8 Å². The van der Waals surface area contributed by atoms with E-state index in [-0.39, 0.29) is 0 Å². The van der Waals surface area contributed by atoms with Crippen LogP contribution in [0, 0.1) is 0 Å². The first-order chi connectivity index (χ1) is 7.69. The monoisotopic (exact) mass is 221 g/mol. The summed E-state index contributed by atoms with van der Waals surface area (Å²) in [4.78, 5) is 6.76. The summed E-state index contributed by atoms with van der Waals surface area (Å²) in [6.07, 6.45) is 0. The topological polar surface area (TPSA) is 37.4 Å². The molecular formula is C12H19N3O. The molecule has 1 aromatic heterocycles. The van der Waals surface area contributed by atoms with Crippen molar-refractivity contribution in [2.75, 3.05) is 25.1 Å². The zero-order valence-electron chi connectivity index (χ0n) is 10.1. The maximum absolute atomic E-state index is 5.15. The molecule has 0 aliphatic carbocycles. The molecular weight excluding hydrogens is 202 g/mol. The quantitative estimate of drug-likeness (QED) is 0.816. The van der Waals surface area contributed by atoms with E-state index in [4.69, 9.17) is 4.74 Å². The number of hydrogen-bond donors (Lipinski definition) is 1. The molecule has 0 radical (unpaired) electrons. The largest absolute Gasteiger partial charge is 0.481 e. The molecule has 0 aromatic carbocycles. The Kier molecular flexibility index (Phi) is 3.29. The lowest BCUT2D eigenvalue weighted by Gasteiger charge is -2.36. The first-order valence-corrected chi connectivity index (χ1v) is 5.71. The number of aromatic nitrogens is 1. The minimum atomic E-state index is 0.497. The molecule has 88 valence electrons. The Bertz CT molecular complexity index is 346. The highest BCUT2D eigenvalue weighted by molar-refractivity contribution is 5.41. The number of anilines is 1. The minimum Gasteiger partial charge on any atom is -0.481 e. The number of methoxy groups -OCH3 is 1. The van der Waals surface area contributed by atoms with E-state index in [1.54, 1.807) is 7.11 Å². The summed E-state index contributed by atoms with van der Waals surface area (Å²) in [6.45, 7) is 6.38. The van der Waals surface area contributed by atoms with Gasteiger partial charge in [0.2, 0.25) is 5.88 Å². The molecule has 0 amide bonds. The molecule has 2 atom stereocenters. The van der Waals surface area contributed by atoms with Gasteiger partial charge in [0.1, 0.15) is 5.82 Å². The Hall–Kier alpha value is -1.29.